The monoisotopic (exact) mass is 288 g/mol. The molecule has 0 aliphatic carbocycles. The van der Waals surface area contributed by atoms with E-state index in [1.165, 1.54) is 6.07 Å². The standard InChI is InChI=1S/C10H12F4N2O.ClH/c11-9(12)10(13,14)17-7-3-1-2-6(4-7)8(16)5-15;/h1-4,8-9H,5,15-16H2;1H/t8-;/m0./s1. The van der Waals surface area contributed by atoms with Gasteiger partial charge in [0.25, 0.3) is 0 Å². The summed E-state index contributed by atoms with van der Waals surface area (Å²) in [6.07, 6.45) is -8.42. The molecule has 0 radical (unpaired) electrons. The summed E-state index contributed by atoms with van der Waals surface area (Å²) in [6.45, 7) is 0.106. The van der Waals surface area contributed by atoms with E-state index < -0.39 is 18.6 Å². The average molecular weight is 289 g/mol. The number of benzene rings is 1. The van der Waals surface area contributed by atoms with E-state index in [1.807, 2.05) is 0 Å². The fourth-order valence-corrected chi connectivity index (χ4v) is 1.15. The Morgan fingerprint density at radius 1 is 1.28 bits per heavy atom. The summed E-state index contributed by atoms with van der Waals surface area (Å²) < 4.78 is 53.0. The van der Waals surface area contributed by atoms with Gasteiger partial charge in [-0.15, -0.1) is 12.4 Å². The number of rotatable bonds is 5. The van der Waals surface area contributed by atoms with Crippen molar-refractivity contribution in [1.82, 2.24) is 0 Å². The predicted molar refractivity (Wildman–Crippen MR) is 61.3 cm³/mol. The largest absolute Gasteiger partial charge is 0.461 e. The van der Waals surface area contributed by atoms with E-state index in [2.05, 4.69) is 4.74 Å². The molecule has 1 aromatic carbocycles. The Hall–Kier alpha value is -1.05. The molecule has 4 N–H and O–H groups in total. The Morgan fingerprint density at radius 3 is 2.39 bits per heavy atom. The summed E-state index contributed by atoms with van der Waals surface area (Å²) in [5.41, 5.74) is 11.3. The lowest BCUT2D eigenvalue weighted by molar-refractivity contribution is -0.253. The van der Waals surface area contributed by atoms with Gasteiger partial charge in [0.15, 0.2) is 0 Å². The fraction of sp³-hybridized carbons (Fsp3) is 0.400. The van der Waals surface area contributed by atoms with E-state index in [1.54, 1.807) is 6.07 Å². The van der Waals surface area contributed by atoms with Crippen molar-refractivity contribution >= 4 is 12.4 Å². The van der Waals surface area contributed by atoms with Gasteiger partial charge in [0.2, 0.25) is 0 Å². The lowest BCUT2D eigenvalue weighted by Gasteiger charge is -2.18. The number of nitrogens with two attached hydrogens (primary N) is 2. The molecule has 0 fully saturated rings. The minimum absolute atomic E-state index is 0. The number of hydrogen-bond acceptors (Lipinski definition) is 3. The molecule has 0 saturated carbocycles. The highest BCUT2D eigenvalue weighted by Gasteiger charge is 2.43. The first-order valence-electron chi connectivity index (χ1n) is 4.77. The van der Waals surface area contributed by atoms with Gasteiger partial charge in [-0.05, 0) is 17.7 Å². The van der Waals surface area contributed by atoms with Crippen LogP contribution in [-0.4, -0.2) is 19.1 Å². The van der Waals surface area contributed by atoms with Crippen LogP contribution in [0.25, 0.3) is 0 Å². The molecule has 0 saturated heterocycles. The van der Waals surface area contributed by atoms with Gasteiger partial charge in [0.1, 0.15) is 5.75 Å². The van der Waals surface area contributed by atoms with Crippen LogP contribution < -0.4 is 16.2 Å². The SMILES string of the molecule is Cl.NC[C@H](N)c1cccc(OC(F)(F)C(F)F)c1. The van der Waals surface area contributed by atoms with Gasteiger partial charge >= 0.3 is 12.5 Å². The van der Waals surface area contributed by atoms with Crippen LogP contribution in [0.3, 0.4) is 0 Å². The van der Waals surface area contributed by atoms with Crippen molar-refractivity contribution < 1.29 is 22.3 Å². The Morgan fingerprint density at radius 2 is 1.89 bits per heavy atom. The maximum absolute atomic E-state index is 12.6. The third-order valence-electron chi connectivity index (χ3n) is 2.05. The first kappa shape index (κ1) is 16.9. The van der Waals surface area contributed by atoms with Crippen molar-refractivity contribution in [3.63, 3.8) is 0 Å². The van der Waals surface area contributed by atoms with Crippen LogP contribution in [0.15, 0.2) is 24.3 Å². The van der Waals surface area contributed by atoms with E-state index in [9.17, 15) is 17.6 Å². The number of alkyl halides is 4. The molecule has 0 amide bonds. The average Bonchev–Trinajstić information content (AvgIpc) is 2.27. The Labute approximate surface area is 107 Å². The normalized spacial score (nSPS) is 13.1. The Kier molecular flexibility index (Phi) is 6.37. The van der Waals surface area contributed by atoms with Gasteiger partial charge in [-0.2, -0.15) is 17.6 Å². The van der Waals surface area contributed by atoms with Crippen molar-refractivity contribution in [2.75, 3.05) is 6.54 Å². The van der Waals surface area contributed by atoms with E-state index in [0.29, 0.717) is 5.56 Å². The zero-order valence-corrected chi connectivity index (χ0v) is 9.97. The molecular weight excluding hydrogens is 276 g/mol. The number of hydrogen-bond donors (Lipinski definition) is 2. The lowest BCUT2D eigenvalue weighted by Crippen LogP contribution is -2.33. The van der Waals surface area contributed by atoms with Gasteiger partial charge in [-0.25, -0.2) is 0 Å². The van der Waals surface area contributed by atoms with Crippen LogP contribution >= 0.6 is 12.4 Å². The molecule has 0 spiro atoms. The number of halogens is 5. The van der Waals surface area contributed by atoms with Crippen LogP contribution in [0, 0.1) is 0 Å². The summed E-state index contributed by atoms with van der Waals surface area (Å²) in [5, 5.41) is 0. The minimum Gasteiger partial charge on any atom is -0.428 e. The smallest absolute Gasteiger partial charge is 0.428 e. The third-order valence-corrected chi connectivity index (χ3v) is 2.05. The molecule has 0 bridgehead atoms. The summed E-state index contributed by atoms with van der Waals surface area (Å²) in [4.78, 5) is 0. The molecule has 104 valence electrons. The molecule has 8 heteroatoms. The second-order valence-corrected chi connectivity index (χ2v) is 3.38. The summed E-state index contributed by atoms with van der Waals surface area (Å²) >= 11 is 0. The van der Waals surface area contributed by atoms with Crippen molar-refractivity contribution in [3.05, 3.63) is 29.8 Å². The van der Waals surface area contributed by atoms with Crippen molar-refractivity contribution in [3.8, 4) is 5.75 Å². The first-order valence-corrected chi connectivity index (χ1v) is 4.77. The Balaban J connectivity index is 0.00000289. The second-order valence-electron chi connectivity index (χ2n) is 3.38. The maximum atomic E-state index is 12.6. The highest BCUT2D eigenvalue weighted by atomic mass is 35.5. The second kappa shape index (κ2) is 6.77. The van der Waals surface area contributed by atoms with Crippen molar-refractivity contribution in [2.24, 2.45) is 11.5 Å². The highest BCUT2D eigenvalue weighted by Crippen LogP contribution is 2.28. The van der Waals surface area contributed by atoms with Gasteiger partial charge in [0, 0.05) is 12.6 Å². The molecule has 0 aliphatic rings. The molecule has 1 atom stereocenters. The van der Waals surface area contributed by atoms with E-state index in [4.69, 9.17) is 11.5 Å². The summed E-state index contributed by atoms with van der Waals surface area (Å²) in [7, 11) is 0. The zero-order valence-electron chi connectivity index (χ0n) is 9.15. The molecule has 0 unspecified atom stereocenters. The topological polar surface area (TPSA) is 61.3 Å². The van der Waals surface area contributed by atoms with Crippen LogP contribution in [0.1, 0.15) is 11.6 Å². The van der Waals surface area contributed by atoms with Crippen molar-refractivity contribution in [1.29, 1.82) is 0 Å². The van der Waals surface area contributed by atoms with Gasteiger partial charge in [-0.3, -0.25) is 0 Å². The molecule has 3 nitrogen and oxygen atoms in total. The van der Waals surface area contributed by atoms with E-state index in [-0.39, 0.29) is 24.7 Å². The van der Waals surface area contributed by atoms with Gasteiger partial charge in [0.05, 0.1) is 0 Å². The van der Waals surface area contributed by atoms with Gasteiger partial charge in [-0.1, -0.05) is 12.1 Å². The highest BCUT2D eigenvalue weighted by molar-refractivity contribution is 5.85. The molecule has 0 aromatic heterocycles. The maximum Gasteiger partial charge on any atom is 0.461 e. The summed E-state index contributed by atoms with van der Waals surface area (Å²) in [5.74, 6) is -0.378. The fourth-order valence-electron chi connectivity index (χ4n) is 1.15. The quantitative estimate of drug-likeness (QED) is 0.817. The molecule has 1 aromatic rings. The first-order chi connectivity index (χ1) is 7.86. The number of ether oxygens (including phenoxy) is 1. The van der Waals surface area contributed by atoms with Crippen LogP contribution in [0.5, 0.6) is 5.75 Å². The van der Waals surface area contributed by atoms with Crippen LogP contribution in [0.2, 0.25) is 0 Å². The lowest BCUT2D eigenvalue weighted by atomic mass is 10.1. The molecular formula is C10H13ClF4N2O. The molecule has 0 heterocycles. The minimum atomic E-state index is -4.52. The van der Waals surface area contributed by atoms with E-state index in [0.717, 1.165) is 12.1 Å². The Bertz CT molecular complexity index is 379. The molecule has 18 heavy (non-hydrogen) atoms. The van der Waals surface area contributed by atoms with Gasteiger partial charge < -0.3 is 16.2 Å². The third kappa shape index (κ3) is 4.32. The van der Waals surface area contributed by atoms with Crippen LogP contribution in [-0.2, 0) is 0 Å². The predicted octanol–water partition coefficient (Wildman–Crippen LogP) is 2.30. The molecule has 0 aliphatic heterocycles. The molecule has 1 rings (SSSR count). The van der Waals surface area contributed by atoms with E-state index >= 15 is 0 Å². The van der Waals surface area contributed by atoms with Crippen molar-refractivity contribution in [2.45, 2.75) is 18.6 Å². The van der Waals surface area contributed by atoms with Crippen LogP contribution in [0.4, 0.5) is 17.6 Å². The summed E-state index contributed by atoms with van der Waals surface area (Å²) in [6, 6.07) is 4.67. The zero-order chi connectivity index (χ0) is 13.1.